The van der Waals surface area contributed by atoms with Gasteiger partial charge in [0.2, 0.25) is 0 Å². The predicted octanol–water partition coefficient (Wildman–Crippen LogP) is 0.507. The van der Waals surface area contributed by atoms with Crippen LogP contribution in [0.1, 0.15) is 28.9 Å². The van der Waals surface area contributed by atoms with Gasteiger partial charge < -0.3 is 15.2 Å². The summed E-state index contributed by atoms with van der Waals surface area (Å²) in [4.78, 5) is 28.4. The molecule has 18 heavy (non-hydrogen) atoms. The van der Waals surface area contributed by atoms with Crippen molar-refractivity contribution in [3.63, 3.8) is 0 Å². The van der Waals surface area contributed by atoms with E-state index in [2.05, 4.69) is 10.3 Å². The molecule has 0 bridgehead atoms. The number of rotatable bonds is 2. The Labute approximate surface area is 106 Å². The maximum Gasteiger partial charge on any atom is 0.260 e. The fourth-order valence-corrected chi connectivity index (χ4v) is 2.31. The molecule has 1 atom stereocenters. The first-order valence-electron chi connectivity index (χ1n) is 6.28. The Morgan fingerprint density at radius 3 is 2.94 bits per heavy atom. The Hall–Kier alpha value is -1.62. The number of aryl methyl sites for hydroxylation is 1. The predicted molar refractivity (Wildman–Crippen MR) is 69.8 cm³/mol. The maximum absolute atomic E-state index is 12.3. The van der Waals surface area contributed by atoms with Gasteiger partial charge in [-0.15, -0.1) is 0 Å². The first-order valence-corrected chi connectivity index (χ1v) is 6.28. The van der Waals surface area contributed by atoms with Crippen molar-refractivity contribution in [3.8, 4) is 0 Å². The van der Waals surface area contributed by atoms with E-state index >= 15 is 0 Å². The fourth-order valence-electron chi connectivity index (χ4n) is 2.31. The number of nitrogens with zero attached hydrogens (tertiary/aromatic N) is 1. The van der Waals surface area contributed by atoms with Crippen LogP contribution in [0, 0.1) is 6.92 Å². The number of carbonyl (C=O) groups is 1. The van der Waals surface area contributed by atoms with Crippen molar-refractivity contribution in [1.82, 2.24) is 15.2 Å². The number of aromatic nitrogens is 1. The lowest BCUT2D eigenvalue weighted by atomic mass is 10.0. The number of likely N-dealkylation sites (tertiary alicyclic amines) is 1. The molecule has 5 nitrogen and oxygen atoms in total. The van der Waals surface area contributed by atoms with E-state index in [0.717, 1.165) is 25.1 Å². The van der Waals surface area contributed by atoms with Gasteiger partial charge in [0.05, 0.1) is 0 Å². The molecule has 1 amide bonds. The number of piperidine rings is 1. The van der Waals surface area contributed by atoms with E-state index in [1.54, 1.807) is 24.0 Å². The summed E-state index contributed by atoms with van der Waals surface area (Å²) in [6.45, 7) is 3.20. The molecule has 2 heterocycles. The monoisotopic (exact) mass is 249 g/mol. The molecule has 1 aromatic heterocycles. The molecule has 98 valence electrons. The molecule has 0 radical (unpaired) electrons. The summed E-state index contributed by atoms with van der Waals surface area (Å²) in [5.74, 6) is -0.170. The van der Waals surface area contributed by atoms with Crippen molar-refractivity contribution >= 4 is 5.91 Å². The molecule has 0 saturated carbocycles. The zero-order valence-corrected chi connectivity index (χ0v) is 10.8. The summed E-state index contributed by atoms with van der Waals surface area (Å²) >= 11 is 0. The Morgan fingerprint density at radius 2 is 2.28 bits per heavy atom. The van der Waals surface area contributed by atoms with Gasteiger partial charge in [-0.05, 0) is 38.9 Å². The molecule has 0 aromatic carbocycles. The van der Waals surface area contributed by atoms with Crippen LogP contribution >= 0.6 is 0 Å². The third-order valence-corrected chi connectivity index (χ3v) is 3.40. The van der Waals surface area contributed by atoms with E-state index in [0.29, 0.717) is 12.6 Å². The van der Waals surface area contributed by atoms with Crippen LogP contribution in [0.3, 0.4) is 0 Å². The quantitative estimate of drug-likeness (QED) is 0.802. The van der Waals surface area contributed by atoms with Crippen LogP contribution in [0.2, 0.25) is 0 Å². The number of hydrogen-bond donors (Lipinski definition) is 2. The van der Waals surface area contributed by atoms with E-state index in [1.165, 1.54) is 0 Å². The zero-order chi connectivity index (χ0) is 13.1. The van der Waals surface area contributed by atoms with Crippen molar-refractivity contribution in [1.29, 1.82) is 0 Å². The van der Waals surface area contributed by atoms with Crippen LogP contribution in [0.15, 0.2) is 16.9 Å². The third-order valence-electron chi connectivity index (χ3n) is 3.40. The van der Waals surface area contributed by atoms with Crippen LogP contribution in [0.4, 0.5) is 0 Å². The standard InChI is InChI=1S/C13H19N3O2/c1-9-5-6-11(12(17)15-9)13(18)16-7-3-4-10(8-16)14-2/h5-6,10,14H,3-4,7-8H2,1-2H3,(H,15,17). The SMILES string of the molecule is CNC1CCCN(C(=O)c2ccc(C)[nH]c2=O)C1. The van der Waals surface area contributed by atoms with Crippen molar-refractivity contribution in [2.45, 2.75) is 25.8 Å². The topological polar surface area (TPSA) is 65.2 Å². The molecule has 1 saturated heterocycles. The van der Waals surface area contributed by atoms with Crippen molar-refractivity contribution < 1.29 is 4.79 Å². The van der Waals surface area contributed by atoms with Crippen LogP contribution < -0.4 is 10.9 Å². The molecule has 0 spiro atoms. The molecule has 1 aromatic rings. The van der Waals surface area contributed by atoms with Gasteiger partial charge >= 0.3 is 0 Å². The highest BCUT2D eigenvalue weighted by atomic mass is 16.2. The van der Waals surface area contributed by atoms with E-state index in [9.17, 15) is 9.59 Å². The summed E-state index contributed by atoms with van der Waals surface area (Å²) in [6, 6.07) is 3.69. The lowest BCUT2D eigenvalue weighted by Gasteiger charge is -2.32. The van der Waals surface area contributed by atoms with E-state index < -0.39 is 0 Å². The largest absolute Gasteiger partial charge is 0.337 e. The first kappa shape index (κ1) is 12.8. The number of carbonyl (C=O) groups excluding carboxylic acids is 1. The van der Waals surface area contributed by atoms with Crippen LogP contribution in [-0.2, 0) is 0 Å². The molecule has 1 aliphatic rings. The second kappa shape index (κ2) is 5.35. The van der Waals surface area contributed by atoms with Crippen molar-refractivity contribution in [2.75, 3.05) is 20.1 Å². The van der Waals surface area contributed by atoms with Gasteiger partial charge in [-0.25, -0.2) is 0 Å². The van der Waals surface area contributed by atoms with Crippen LogP contribution in [0.5, 0.6) is 0 Å². The fraction of sp³-hybridized carbons (Fsp3) is 0.538. The zero-order valence-electron chi connectivity index (χ0n) is 10.8. The smallest absolute Gasteiger partial charge is 0.260 e. The molecule has 1 aliphatic heterocycles. The molecular weight excluding hydrogens is 230 g/mol. The second-order valence-corrected chi connectivity index (χ2v) is 4.76. The number of pyridine rings is 1. The van der Waals surface area contributed by atoms with E-state index in [-0.39, 0.29) is 17.0 Å². The molecule has 1 unspecified atom stereocenters. The summed E-state index contributed by atoms with van der Waals surface area (Å²) < 4.78 is 0. The highest BCUT2D eigenvalue weighted by Gasteiger charge is 2.24. The minimum atomic E-state index is -0.299. The molecule has 0 aliphatic carbocycles. The van der Waals surface area contributed by atoms with E-state index in [1.807, 2.05) is 7.05 Å². The maximum atomic E-state index is 12.3. The Kier molecular flexibility index (Phi) is 3.81. The second-order valence-electron chi connectivity index (χ2n) is 4.76. The molecular formula is C13H19N3O2. The summed E-state index contributed by atoms with van der Waals surface area (Å²) in [5.41, 5.74) is 0.701. The molecule has 1 fully saturated rings. The van der Waals surface area contributed by atoms with Crippen LogP contribution in [-0.4, -0.2) is 42.0 Å². The minimum Gasteiger partial charge on any atom is -0.337 e. The minimum absolute atomic E-state index is 0.170. The molecule has 2 rings (SSSR count). The number of amides is 1. The number of likely N-dealkylation sites (N-methyl/N-ethyl adjacent to an activating group) is 1. The van der Waals surface area contributed by atoms with Gasteiger partial charge in [-0.1, -0.05) is 0 Å². The van der Waals surface area contributed by atoms with Gasteiger partial charge in [0, 0.05) is 24.8 Å². The summed E-state index contributed by atoms with van der Waals surface area (Å²) in [7, 11) is 1.90. The van der Waals surface area contributed by atoms with Gasteiger partial charge in [-0.3, -0.25) is 9.59 Å². The Morgan fingerprint density at radius 1 is 1.50 bits per heavy atom. The van der Waals surface area contributed by atoms with Crippen LogP contribution in [0.25, 0.3) is 0 Å². The first-order chi connectivity index (χ1) is 8.61. The number of nitrogens with one attached hydrogen (secondary N) is 2. The Balaban J connectivity index is 2.18. The highest BCUT2D eigenvalue weighted by Crippen LogP contribution is 2.12. The Bertz CT molecular complexity index is 495. The lowest BCUT2D eigenvalue weighted by molar-refractivity contribution is 0.0696. The third kappa shape index (κ3) is 2.61. The van der Waals surface area contributed by atoms with Crippen molar-refractivity contribution in [2.24, 2.45) is 0 Å². The average molecular weight is 249 g/mol. The summed E-state index contributed by atoms with van der Waals surface area (Å²) in [5, 5.41) is 3.18. The number of aromatic amines is 1. The average Bonchev–Trinajstić information content (AvgIpc) is 2.38. The van der Waals surface area contributed by atoms with Gasteiger partial charge in [0.25, 0.3) is 11.5 Å². The normalized spacial score (nSPS) is 19.9. The summed E-state index contributed by atoms with van der Waals surface area (Å²) in [6.07, 6.45) is 2.05. The van der Waals surface area contributed by atoms with Gasteiger partial charge in [-0.2, -0.15) is 0 Å². The van der Waals surface area contributed by atoms with E-state index in [4.69, 9.17) is 0 Å². The number of H-pyrrole nitrogens is 1. The highest BCUT2D eigenvalue weighted by molar-refractivity contribution is 5.93. The number of hydrogen-bond acceptors (Lipinski definition) is 3. The molecule has 5 heteroatoms. The molecule has 2 N–H and O–H groups in total. The van der Waals surface area contributed by atoms with Gasteiger partial charge in [0.15, 0.2) is 0 Å². The van der Waals surface area contributed by atoms with Crippen molar-refractivity contribution in [3.05, 3.63) is 33.7 Å². The van der Waals surface area contributed by atoms with Gasteiger partial charge in [0.1, 0.15) is 5.56 Å². The lowest BCUT2D eigenvalue weighted by Crippen LogP contribution is -2.47.